The zero-order valence-corrected chi connectivity index (χ0v) is 10.3. The quantitative estimate of drug-likeness (QED) is 0.640. The van der Waals surface area contributed by atoms with E-state index < -0.39 is 47.1 Å². The first-order valence-electron chi connectivity index (χ1n) is 5.07. The summed E-state index contributed by atoms with van der Waals surface area (Å²) in [4.78, 5) is 0. The molecule has 1 aliphatic rings. The van der Waals surface area contributed by atoms with Gasteiger partial charge in [-0.2, -0.15) is 57.1 Å². The summed E-state index contributed by atoms with van der Waals surface area (Å²) in [5.41, 5.74) is -4.28. The van der Waals surface area contributed by atoms with E-state index in [1.807, 2.05) is 0 Å². The van der Waals surface area contributed by atoms with Crippen LogP contribution in [0, 0.1) is 0 Å². The average molecular weight is 374 g/mol. The van der Waals surface area contributed by atoms with Gasteiger partial charge in [0, 0.05) is 0 Å². The van der Waals surface area contributed by atoms with Crippen molar-refractivity contribution in [1.29, 1.82) is 0 Å². The van der Waals surface area contributed by atoms with Crippen molar-refractivity contribution in [2.75, 3.05) is 7.11 Å². The minimum Gasteiger partial charge on any atom is -0.494 e. The van der Waals surface area contributed by atoms with Gasteiger partial charge in [-0.3, -0.25) is 0 Å². The molecule has 0 aromatic carbocycles. The summed E-state index contributed by atoms with van der Waals surface area (Å²) < 4.78 is 170. The third kappa shape index (κ3) is 2.08. The van der Waals surface area contributed by atoms with Crippen LogP contribution in [-0.2, 0) is 4.74 Å². The summed E-state index contributed by atoms with van der Waals surface area (Å²) in [6, 6.07) is 0. The molecule has 0 aromatic rings. The van der Waals surface area contributed by atoms with Crippen LogP contribution < -0.4 is 0 Å². The first-order chi connectivity index (χ1) is 9.81. The van der Waals surface area contributed by atoms with Gasteiger partial charge in [-0.05, 0) is 0 Å². The highest BCUT2D eigenvalue weighted by molar-refractivity contribution is 5.40. The Balaban J connectivity index is 4.00. The van der Waals surface area contributed by atoms with Gasteiger partial charge in [0.15, 0.2) is 5.76 Å². The lowest BCUT2D eigenvalue weighted by Crippen LogP contribution is -2.69. The average Bonchev–Trinajstić information content (AvgIpc) is 2.31. The molecule has 0 radical (unpaired) electrons. The van der Waals surface area contributed by atoms with Crippen molar-refractivity contribution < 1.29 is 61.8 Å². The van der Waals surface area contributed by atoms with Crippen LogP contribution in [0.2, 0.25) is 0 Å². The molecule has 0 amide bonds. The summed E-state index contributed by atoms with van der Waals surface area (Å²) in [6.07, 6.45) is -7.06. The van der Waals surface area contributed by atoms with Crippen molar-refractivity contribution in [2.45, 2.75) is 35.8 Å². The van der Waals surface area contributed by atoms with Crippen LogP contribution in [-0.4, -0.2) is 42.9 Å². The summed E-state index contributed by atoms with van der Waals surface area (Å²) in [6.45, 7) is 0. The Morgan fingerprint density at radius 2 is 1.04 bits per heavy atom. The van der Waals surface area contributed by atoms with Crippen LogP contribution in [0.25, 0.3) is 0 Å². The van der Waals surface area contributed by atoms with Crippen molar-refractivity contribution >= 4 is 0 Å². The minimum absolute atomic E-state index is 0.231. The van der Waals surface area contributed by atoms with Crippen LogP contribution in [0.5, 0.6) is 0 Å². The smallest absolute Gasteiger partial charge is 0.458 e. The second-order valence-electron chi connectivity index (χ2n) is 4.28. The van der Waals surface area contributed by atoms with E-state index in [0.29, 0.717) is 0 Å². The van der Waals surface area contributed by atoms with Gasteiger partial charge in [-0.25, -0.2) is 0 Å². The first-order valence-corrected chi connectivity index (χ1v) is 5.07. The first kappa shape index (κ1) is 19.7. The summed E-state index contributed by atoms with van der Waals surface area (Å²) in [5, 5.41) is 0. The molecule has 0 fully saturated rings. The Morgan fingerprint density at radius 3 is 1.35 bits per heavy atom. The number of allylic oxidation sites excluding steroid dienone is 2. The van der Waals surface area contributed by atoms with E-state index in [4.69, 9.17) is 0 Å². The molecule has 0 heterocycles. The molecule has 0 unspecified atom stereocenters. The lowest BCUT2D eigenvalue weighted by molar-refractivity contribution is -0.379. The zero-order valence-electron chi connectivity index (χ0n) is 10.3. The van der Waals surface area contributed by atoms with E-state index in [2.05, 4.69) is 4.74 Å². The van der Waals surface area contributed by atoms with Crippen LogP contribution in [0.15, 0.2) is 11.3 Å². The molecule has 0 spiro atoms. The predicted molar refractivity (Wildman–Crippen MR) is 44.8 cm³/mol. The van der Waals surface area contributed by atoms with Crippen molar-refractivity contribution in [3.05, 3.63) is 11.3 Å². The molecule has 0 saturated carbocycles. The van der Waals surface area contributed by atoms with Gasteiger partial charge in [0.05, 0.1) is 7.11 Å². The number of hydrogen-bond acceptors (Lipinski definition) is 1. The zero-order chi connectivity index (χ0) is 18.9. The van der Waals surface area contributed by atoms with E-state index in [1.54, 1.807) is 0 Å². The minimum atomic E-state index is -7.25. The largest absolute Gasteiger partial charge is 0.494 e. The highest BCUT2D eigenvalue weighted by atomic mass is 19.4. The number of methoxy groups -OCH3 is 1. The van der Waals surface area contributed by atoms with Crippen LogP contribution >= 0.6 is 0 Å². The van der Waals surface area contributed by atoms with Crippen molar-refractivity contribution in [3.63, 3.8) is 0 Å². The standard InChI is InChI=1S/C9H3F13O/c1-23-3-2(5(12,13)9(20,21)22)4(10,11)7(16,17)8(18,19)6(3,14)15/h1H3. The highest BCUT2D eigenvalue weighted by Crippen LogP contribution is 2.65. The fourth-order valence-electron chi connectivity index (χ4n) is 1.71. The molecule has 0 atom stereocenters. The number of halogens is 13. The number of alkyl halides is 13. The lowest BCUT2D eigenvalue weighted by Gasteiger charge is -2.44. The maximum Gasteiger partial charge on any atom is 0.458 e. The van der Waals surface area contributed by atoms with Crippen molar-refractivity contribution in [1.82, 2.24) is 0 Å². The number of hydrogen-bond donors (Lipinski definition) is 0. The molecule has 23 heavy (non-hydrogen) atoms. The molecule has 1 aliphatic carbocycles. The molecule has 1 rings (SSSR count). The molecule has 0 aliphatic heterocycles. The van der Waals surface area contributed by atoms with Gasteiger partial charge in [0.2, 0.25) is 0 Å². The maximum atomic E-state index is 13.3. The second kappa shape index (κ2) is 4.59. The predicted octanol–water partition coefficient (Wildman–Crippen LogP) is 4.64. The van der Waals surface area contributed by atoms with E-state index >= 15 is 0 Å². The molecular formula is C9H3F13O. The van der Waals surface area contributed by atoms with Gasteiger partial charge in [-0.15, -0.1) is 0 Å². The Kier molecular flexibility index (Phi) is 3.92. The van der Waals surface area contributed by atoms with Gasteiger partial charge in [0.1, 0.15) is 5.57 Å². The Hall–Kier alpha value is -1.37. The van der Waals surface area contributed by atoms with Gasteiger partial charge < -0.3 is 4.74 Å². The van der Waals surface area contributed by atoms with E-state index in [1.165, 1.54) is 0 Å². The topological polar surface area (TPSA) is 9.23 Å². The SMILES string of the molecule is COC1=C(C(F)(F)C(F)(F)F)C(F)(F)C(F)(F)C(F)(F)C1(F)F. The Morgan fingerprint density at radius 1 is 0.696 bits per heavy atom. The molecular weight excluding hydrogens is 371 g/mol. The summed E-state index contributed by atoms with van der Waals surface area (Å²) in [7, 11) is -0.231. The molecule has 0 aromatic heterocycles. The fraction of sp³-hybridized carbons (Fsp3) is 0.778. The lowest BCUT2D eigenvalue weighted by atomic mass is 9.81. The van der Waals surface area contributed by atoms with E-state index in [-0.39, 0.29) is 7.11 Å². The van der Waals surface area contributed by atoms with Gasteiger partial charge in [0.25, 0.3) is 0 Å². The molecule has 14 heteroatoms. The highest BCUT2D eigenvalue weighted by Gasteiger charge is 2.90. The Bertz CT molecular complexity index is 526. The molecule has 136 valence electrons. The van der Waals surface area contributed by atoms with Gasteiger partial charge in [-0.1, -0.05) is 0 Å². The van der Waals surface area contributed by atoms with E-state index in [9.17, 15) is 57.1 Å². The van der Waals surface area contributed by atoms with Gasteiger partial charge >= 0.3 is 35.8 Å². The summed E-state index contributed by atoms with van der Waals surface area (Å²) in [5.74, 6) is -38.4. The monoisotopic (exact) mass is 374 g/mol. The molecule has 0 N–H and O–H groups in total. The van der Waals surface area contributed by atoms with Crippen LogP contribution in [0.4, 0.5) is 57.1 Å². The van der Waals surface area contributed by atoms with Crippen LogP contribution in [0.1, 0.15) is 0 Å². The molecule has 0 saturated heterocycles. The fourth-order valence-corrected chi connectivity index (χ4v) is 1.71. The molecule has 1 nitrogen and oxygen atoms in total. The number of rotatable bonds is 2. The maximum absolute atomic E-state index is 13.3. The van der Waals surface area contributed by atoms with Crippen molar-refractivity contribution in [3.8, 4) is 0 Å². The molecule has 0 bridgehead atoms. The Labute approximate surface area is 117 Å². The van der Waals surface area contributed by atoms with E-state index in [0.717, 1.165) is 0 Å². The van der Waals surface area contributed by atoms with Crippen LogP contribution in [0.3, 0.4) is 0 Å². The normalized spacial score (nSPS) is 26.2. The summed E-state index contributed by atoms with van der Waals surface area (Å²) >= 11 is 0. The third-order valence-electron chi connectivity index (χ3n) is 2.88. The number of ether oxygens (including phenoxy) is 1. The third-order valence-corrected chi connectivity index (χ3v) is 2.88. The van der Waals surface area contributed by atoms with Crippen molar-refractivity contribution in [2.24, 2.45) is 0 Å². The second-order valence-corrected chi connectivity index (χ2v) is 4.28.